The Labute approximate surface area is 145 Å². The Balaban J connectivity index is 1.53. The predicted octanol–water partition coefficient (Wildman–Crippen LogP) is 2.62. The number of hydrogen-bond acceptors (Lipinski definition) is 5. The van der Waals surface area contributed by atoms with Gasteiger partial charge in [0.15, 0.2) is 0 Å². The third kappa shape index (κ3) is 2.73. The lowest BCUT2D eigenvalue weighted by Crippen LogP contribution is -2.25. The molecule has 25 heavy (non-hydrogen) atoms. The largest absolute Gasteiger partial charge is 0.441 e. The topological polar surface area (TPSA) is 86.5 Å². The molecular weight excluding hydrogens is 318 g/mol. The molecule has 1 saturated carbocycles. The third-order valence-electron chi connectivity index (χ3n) is 4.81. The van der Waals surface area contributed by atoms with E-state index in [9.17, 15) is 10.1 Å². The van der Waals surface area contributed by atoms with Gasteiger partial charge in [0.1, 0.15) is 6.10 Å². The van der Waals surface area contributed by atoms with Crippen LogP contribution in [0.15, 0.2) is 42.6 Å². The lowest BCUT2D eigenvalue weighted by molar-refractivity contribution is 0.0963. The van der Waals surface area contributed by atoms with E-state index in [1.807, 2.05) is 36.4 Å². The van der Waals surface area contributed by atoms with E-state index in [1.165, 1.54) is 4.90 Å². The van der Waals surface area contributed by atoms with Gasteiger partial charge >= 0.3 is 6.09 Å². The highest BCUT2D eigenvalue weighted by atomic mass is 16.6. The number of hydrogen-bond donors (Lipinski definition) is 1. The molecule has 2 aromatic rings. The highest BCUT2D eigenvalue weighted by molar-refractivity contribution is 5.90. The summed E-state index contributed by atoms with van der Waals surface area (Å²) >= 11 is 0. The average molecular weight is 335 g/mol. The molecule has 0 bridgehead atoms. The Morgan fingerprint density at radius 2 is 1.96 bits per heavy atom. The Bertz CT molecular complexity index is 836. The molecule has 1 aliphatic carbocycles. The highest BCUT2D eigenvalue weighted by Crippen LogP contribution is 2.46. The third-order valence-corrected chi connectivity index (χ3v) is 4.81. The minimum Gasteiger partial charge on any atom is -0.441 e. The van der Waals surface area contributed by atoms with Gasteiger partial charge in [-0.15, -0.1) is 0 Å². The zero-order valence-electron chi connectivity index (χ0n) is 13.6. The summed E-state index contributed by atoms with van der Waals surface area (Å²) in [5.74, 6) is 0. The fourth-order valence-corrected chi connectivity index (χ4v) is 3.06. The smallest absolute Gasteiger partial charge is 0.414 e. The molecule has 1 unspecified atom stereocenters. The molecule has 2 heterocycles. The molecule has 0 spiro atoms. The molecule has 1 amide bonds. The second kappa shape index (κ2) is 5.87. The van der Waals surface area contributed by atoms with Crippen LogP contribution in [0.25, 0.3) is 11.1 Å². The van der Waals surface area contributed by atoms with Crippen molar-refractivity contribution in [2.24, 2.45) is 0 Å². The number of nitriles is 1. The van der Waals surface area contributed by atoms with Crippen LogP contribution in [0.2, 0.25) is 0 Å². The number of rotatable bonds is 4. The summed E-state index contributed by atoms with van der Waals surface area (Å²) in [6.07, 6.45) is 2.63. The second-order valence-corrected chi connectivity index (χ2v) is 6.47. The number of aromatic nitrogens is 1. The number of aliphatic hydroxyl groups is 1. The molecule has 126 valence electrons. The van der Waals surface area contributed by atoms with Gasteiger partial charge in [0, 0.05) is 17.4 Å². The minimum absolute atomic E-state index is 0.178. The van der Waals surface area contributed by atoms with Crippen molar-refractivity contribution in [1.82, 2.24) is 4.98 Å². The van der Waals surface area contributed by atoms with Crippen molar-refractivity contribution in [2.75, 3.05) is 18.1 Å². The number of carbonyl (C=O) groups is 1. The van der Waals surface area contributed by atoms with Crippen LogP contribution in [0.1, 0.15) is 18.5 Å². The first-order valence-electron chi connectivity index (χ1n) is 8.22. The molecule has 6 heteroatoms. The van der Waals surface area contributed by atoms with Gasteiger partial charge in [0.25, 0.3) is 0 Å². The number of cyclic esters (lactones) is 1. The van der Waals surface area contributed by atoms with E-state index in [4.69, 9.17) is 9.84 Å². The number of carbonyl (C=O) groups excluding carboxylic acids is 1. The van der Waals surface area contributed by atoms with Gasteiger partial charge in [-0.2, -0.15) is 5.26 Å². The van der Waals surface area contributed by atoms with Crippen molar-refractivity contribution in [3.8, 4) is 17.2 Å². The van der Waals surface area contributed by atoms with E-state index in [0.717, 1.165) is 35.3 Å². The van der Waals surface area contributed by atoms with Gasteiger partial charge in [-0.3, -0.25) is 9.88 Å². The van der Waals surface area contributed by atoms with Crippen LogP contribution in [0.5, 0.6) is 0 Å². The molecule has 1 N–H and O–H groups in total. The first-order valence-corrected chi connectivity index (χ1v) is 8.22. The SMILES string of the molecule is N#CC1(c2ccc(-c3ccc(N4CC(CO)OC4=O)cc3)cn2)CC1. The maximum atomic E-state index is 11.8. The summed E-state index contributed by atoms with van der Waals surface area (Å²) in [6, 6.07) is 13.8. The van der Waals surface area contributed by atoms with Crippen molar-refractivity contribution in [3.63, 3.8) is 0 Å². The van der Waals surface area contributed by atoms with E-state index in [2.05, 4.69) is 11.1 Å². The summed E-state index contributed by atoms with van der Waals surface area (Å²) < 4.78 is 5.05. The van der Waals surface area contributed by atoms with E-state index < -0.39 is 12.2 Å². The van der Waals surface area contributed by atoms with Gasteiger partial charge in [0.05, 0.1) is 30.3 Å². The summed E-state index contributed by atoms with van der Waals surface area (Å²) in [6.45, 7) is 0.170. The maximum absolute atomic E-state index is 11.8. The number of amides is 1. The molecule has 4 rings (SSSR count). The van der Waals surface area contributed by atoms with Crippen LogP contribution in [0, 0.1) is 11.3 Å². The van der Waals surface area contributed by atoms with Gasteiger partial charge in [-0.05, 0) is 36.6 Å². The number of pyridine rings is 1. The van der Waals surface area contributed by atoms with Crippen molar-refractivity contribution < 1.29 is 14.6 Å². The van der Waals surface area contributed by atoms with Crippen LogP contribution < -0.4 is 4.90 Å². The van der Waals surface area contributed by atoms with Crippen LogP contribution in [-0.4, -0.2) is 35.4 Å². The number of nitrogens with zero attached hydrogens (tertiary/aromatic N) is 3. The zero-order chi connectivity index (χ0) is 17.4. The van der Waals surface area contributed by atoms with Crippen molar-refractivity contribution in [1.29, 1.82) is 5.26 Å². The standard InChI is InChI=1S/C19H17N3O3/c20-12-19(7-8-19)17-6-3-14(9-21-17)13-1-4-15(5-2-13)22-10-16(11-23)25-18(22)24/h1-6,9,16,23H,7-8,10-11H2. The monoisotopic (exact) mass is 335 g/mol. The van der Waals surface area contributed by atoms with Crippen molar-refractivity contribution >= 4 is 11.8 Å². The number of ether oxygens (including phenoxy) is 1. The van der Waals surface area contributed by atoms with Crippen molar-refractivity contribution in [2.45, 2.75) is 24.4 Å². The molecule has 1 atom stereocenters. The van der Waals surface area contributed by atoms with E-state index in [0.29, 0.717) is 6.54 Å². The number of aliphatic hydroxyl groups excluding tert-OH is 1. The number of anilines is 1. The summed E-state index contributed by atoms with van der Waals surface area (Å²) in [4.78, 5) is 17.8. The maximum Gasteiger partial charge on any atom is 0.414 e. The van der Waals surface area contributed by atoms with Gasteiger partial charge in [-0.25, -0.2) is 4.79 Å². The molecule has 2 aliphatic rings. The quantitative estimate of drug-likeness (QED) is 0.928. The van der Waals surface area contributed by atoms with Crippen molar-refractivity contribution in [3.05, 3.63) is 48.3 Å². The molecule has 1 aromatic heterocycles. The molecule has 2 fully saturated rings. The summed E-state index contributed by atoms with van der Waals surface area (Å²) in [5.41, 5.74) is 3.14. The predicted molar refractivity (Wildman–Crippen MR) is 90.9 cm³/mol. The van der Waals surface area contributed by atoms with Gasteiger partial charge in [0.2, 0.25) is 0 Å². The molecule has 1 aromatic carbocycles. The fourth-order valence-electron chi connectivity index (χ4n) is 3.06. The molecule has 0 radical (unpaired) electrons. The first-order chi connectivity index (χ1) is 12.1. The van der Waals surface area contributed by atoms with Gasteiger partial charge in [-0.1, -0.05) is 18.2 Å². The van der Waals surface area contributed by atoms with E-state index >= 15 is 0 Å². The van der Waals surface area contributed by atoms with E-state index in [1.54, 1.807) is 6.20 Å². The normalized spacial score (nSPS) is 20.9. The molecule has 1 aliphatic heterocycles. The fraction of sp³-hybridized carbons (Fsp3) is 0.316. The molecule has 6 nitrogen and oxygen atoms in total. The van der Waals surface area contributed by atoms with Crippen LogP contribution in [0.4, 0.5) is 10.5 Å². The first kappa shape index (κ1) is 15.6. The Morgan fingerprint density at radius 3 is 2.48 bits per heavy atom. The summed E-state index contributed by atoms with van der Waals surface area (Å²) in [7, 11) is 0. The second-order valence-electron chi connectivity index (χ2n) is 6.47. The zero-order valence-corrected chi connectivity index (χ0v) is 13.6. The molecule has 1 saturated heterocycles. The van der Waals surface area contributed by atoms with Gasteiger partial charge < -0.3 is 9.84 Å². The molecular formula is C19H17N3O3. The lowest BCUT2D eigenvalue weighted by atomic mass is 10.0. The lowest BCUT2D eigenvalue weighted by Gasteiger charge is -2.13. The Hall–Kier alpha value is -2.91. The average Bonchev–Trinajstić information content (AvgIpc) is 3.38. The Morgan fingerprint density at radius 1 is 1.24 bits per heavy atom. The highest BCUT2D eigenvalue weighted by Gasteiger charge is 2.46. The van der Waals surface area contributed by atoms with E-state index in [-0.39, 0.29) is 12.0 Å². The van der Waals surface area contributed by atoms with Crippen LogP contribution >= 0.6 is 0 Å². The number of benzene rings is 1. The van der Waals surface area contributed by atoms with Crippen LogP contribution in [0.3, 0.4) is 0 Å². The minimum atomic E-state index is -0.473. The Kier molecular flexibility index (Phi) is 3.66. The summed E-state index contributed by atoms with van der Waals surface area (Å²) in [5, 5.41) is 18.4. The van der Waals surface area contributed by atoms with Crippen LogP contribution in [-0.2, 0) is 10.2 Å².